The number of carboxylic acids is 1. The number of fused-ring (bicyclic) bond motifs is 7. The van der Waals surface area contributed by atoms with E-state index in [1.807, 2.05) is 36.5 Å². The van der Waals surface area contributed by atoms with Gasteiger partial charge >= 0.3 is 5.97 Å². The Morgan fingerprint density at radius 3 is 2.35 bits per heavy atom. The summed E-state index contributed by atoms with van der Waals surface area (Å²) >= 11 is 0. The Bertz CT molecular complexity index is 2300. The summed E-state index contributed by atoms with van der Waals surface area (Å²) in [6, 6.07) is 9.42. The maximum atomic E-state index is 13.0. The molecule has 0 amide bonds. The second-order valence-corrected chi connectivity index (χ2v) is 25.5. The van der Waals surface area contributed by atoms with Gasteiger partial charge in [0.25, 0.3) is 0 Å². The van der Waals surface area contributed by atoms with Gasteiger partial charge in [0.15, 0.2) is 15.7 Å². The number of carbonyl (C=O) groups is 1. The number of nitrogens with one attached hydrogen (secondary N) is 4. The van der Waals surface area contributed by atoms with E-state index in [-0.39, 0.29) is 56.4 Å². The molecule has 0 aromatic heterocycles. The summed E-state index contributed by atoms with van der Waals surface area (Å²) in [6.45, 7) is 17.6. The molecule has 4 unspecified atom stereocenters. The lowest BCUT2D eigenvalue weighted by molar-refractivity contribution is -0.232. The molecule has 5 fully saturated rings. The molecule has 4 saturated carbocycles. The Hall–Kier alpha value is -3.72. The number of allylic oxidation sites excluding steroid dienone is 5. The number of carboxylic acid groups (broad SMARTS) is 1. The van der Waals surface area contributed by atoms with Crippen molar-refractivity contribution in [1.29, 1.82) is 10.8 Å². The minimum Gasteiger partial charge on any atom is -0.481 e. The smallest absolute Gasteiger partial charge is 0.313 e. The second-order valence-electron chi connectivity index (χ2n) is 23.2. The first-order valence-electron chi connectivity index (χ1n) is 25.2. The first-order chi connectivity index (χ1) is 31.2. The van der Waals surface area contributed by atoms with Gasteiger partial charge in [-0.1, -0.05) is 89.9 Å². The summed E-state index contributed by atoms with van der Waals surface area (Å²) in [5.41, 5.74) is 1.20. The number of aliphatic carboxylic acids is 1. The van der Waals surface area contributed by atoms with Gasteiger partial charge in [0, 0.05) is 61.9 Å². The quantitative estimate of drug-likeness (QED) is 0.0703. The monoisotopic (exact) mass is 922 g/mol. The van der Waals surface area contributed by atoms with Gasteiger partial charge in [-0.2, -0.15) is 0 Å². The molecule has 10 atom stereocenters. The topological polar surface area (TPSA) is 156 Å². The maximum absolute atomic E-state index is 13.0. The van der Waals surface area contributed by atoms with Gasteiger partial charge in [-0.05, 0) is 140 Å². The van der Waals surface area contributed by atoms with E-state index in [2.05, 4.69) is 75.1 Å². The van der Waals surface area contributed by atoms with Crippen LogP contribution in [0.1, 0.15) is 124 Å². The number of ether oxygens (including phenoxy) is 1. The zero-order chi connectivity index (χ0) is 47.6. The summed E-state index contributed by atoms with van der Waals surface area (Å²) < 4.78 is 30.5. The number of nitrogens with zero attached hydrogens (tertiary/aromatic N) is 1. The summed E-state index contributed by atoms with van der Waals surface area (Å²) in [7, 11) is -1.19. The van der Waals surface area contributed by atoms with Crippen LogP contribution in [0.5, 0.6) is 0 Å². The van der Waals surface area contributed by atoms with Crippen molar-refractivity contribution < 1.29 is 23.1 Å². The van der Waals surface area contributed by atoms with Gasteiger partial charge in [0.2, 0.25) is 0 Å². The highest BCUT2D eigenvalue weighted by Gasteiger charge is 2.76. The van der Waals surface area contributed by atoms with Crippen LogP contribution in [0.3, 0.4) is 0 Å². The van der Waals surface area contributed by atoms with Gasteiger partial charge in [0.1, 0.15) is 12.0 Å². The highest BCUT2D eigenvalue weighted by atomic mass is 32.2. The second kappa shape index (κ2) is 17.7. The highest BCUT2D eigenvalue weighted by molar-refractivity contribution is 7.91. The van der Waals surface area contributed by atoms with Crippen molar-refractivity contribution in [2.75, 3.05) is 51.3 Å². The van der Waals surface area contributed by atoms with E-state index in [4.69, 9.17) is 16.6 Å². The molecule has 8 rings (SSSR count). The molecule has 5 N–H and O–H groups in total. The van der Waals surface area contributed by atoms with Crippen LogP contribution in [0, 0.1) is 85.2 Å². The molecule has 11 heteroatoms. The van der Waals surface area contributed by atoms with Gasteiger partial charge in [-0.3, -0.25) is 4.79 Å². The normalized spacial score (nSPS) is 39.4. The fourth-order valence-electron chi connectivity index (χ4n) is 16.4. The van der Waals surface area contributed by atoms with Crippen LogP contribution in [0.25, 0.3) is 0 Å². The van der Waals surface area contributed by atoms with Gasteiger partial charge in [-0.15, -0.1) is 6.42 Å². The molecule has 1 heterocycles. The average Bonchev–Trinajstić information content (AvgIpc) is 3.68. The fraction of sp³-hybridized carbons (Fsp3) is 0.691. The fourth-order valence-corrected chi connectivity index (χ4v) is 17.7. The lowest BCUT2D eigenvalue weighted by Gasteiger charge is -2.76. The minimum atomic E-state index is -2.92. The Balaban J connectivity index is 1.04. The van der Waals surface area contributed by atoms with Crippen LogP contribution in [0.15, 0.2) is 65.6 Å². The molecule has 10 nitrogen and oxygen atoms in total. The van der Waals surface area contributed by atoms with E-state index in [0.717, 1.165) is 70.0 Å². The van der Waals surface area contributed by atoms with Crippen LogP contribution in [-0.4, -0.2) is 93.2 Å². The van der Waals surface area contributed by atoms with Crippen molar-refractivity contribution in [2.45, 2.75) is 124 Å². The van der Waals surface area contributed by atoms with Crippen LogP contribution >= 0.6 is 0 Å². The van der Waals surface area contributed by atoms with Crippen LogP contribution in [-0.2, 0) is 19.4 Å². The Morgan fingerprint density at radius 2 is 1.73 bits per heavy atom. The van der Waals surface area contributed by atoms with Crippen molar-refractivity contribution in [3.05, 3.63) is 71.2 Å². The molecule has 0 bridgehead atoms. The Morgan fingerprint density at radius 1 is 1.00 bits per heavy atom. The van der Waals surface area contributed by atoms with Gasteiger partial charge in [0.05, 0.1) is 17.2 Å². The minimum absolute atomic E-state index is 0.00512. The number of terminal acetylenes is 1. The molecule has 1 aromatic carbocycles. The molecule has 66 heavy (non-hydrogen) atoms. The third-order valence-corrected chi connectivity index (χ3v) is 21.7. The average molecular weight is 922 g/mol. The number of hydrogen-bond donors (Lipinski definition) is 5. The lowest BCUT2D eigenvalue weighted by atomic mass is 9.27. The molecule has 7 aliphatic rings. The molecule has 0 radical (unpaired) electrons. The zero-order valence-electron chi connectivity index (χ0n) is 41.0. The first-order valence-corrected chi connectivity index (χ1v) is 27.0. The number of benzene rings is 1. The van der Waals surface area contributed by atoms with Gasteiger partial charge in [-0.25, -0.2) is 8.42 Å². The maximum Gasteiger partial charge on any atom is 0.313 e. The number of hydrogen-bond acceptors (Lipinski definition) is 9. The third kappa shape index (κ3) is 7.57. The van der Waals surface area contributed by atoms with Crippen LogP contribution in [0.4, 0.5) is 0 Å². The third-order valence-electron chi connectivity index (χ3n) is 20.1. The van der Waals surface area contributed by atoms with E-state index < -0.39 is 21.2 Å². The van der Waals surface area contributed by atoms with Crippen molar-refractivity contribution in [3.8, 4) is 12.3 Å². The standard InChI is InChI=1S/C55H79N5O5S/c1-9-53-27-28-54(59-29-30-60-31-33-66(63,64)34-32-60)25-17-41(38(2)3)47(54)43(53)19-26-55(36-56)50(6)21-18-42(49(4,5)45(50)20-22-51(53,55)7)39-15-23-52(24-16-39,48(61)62)37-65-46(58-8)35-44(57)40-13-11-10-12-14-40/h1,10-15,18,35-36,38,41,43,45,47,56-59H,16-17,19-34,37H2,2-8H3,(H,61,62)/b46-35+,56-36?,57-44?/t41-,43+,45?,47?,50-,51-,52?,53+,54-,55?/m0/s1. The Kier molecular flexibility index (Phi) is 13.0. The van der Waals surface area contributed by atoms with E-state index in [1.165, 1.54) is 17.6 Å². The predicted molar refractivity (Wildman–Crippen MR) is 265 cm³/mol. The summed E-state index contributed by atoms with van der Waals surface area (Å²) in [4.78, 5) is 15.4. The van der Waals surface area contributed by atoms with Crippen molar-refractivity contribution in [2.24, 2.45) is 62.1 Å². The number of rotatable bonds is 14. The molecule has 1 aromatic rings. The molecular weight excluding hydrogens is 843 g/mol. The zero-order valence-corrected chi connectivity index (χ0v) is 41.8. The summed E-state index contributed by atoms with van der Waals surface area (Å²) in [6.07, 6.45) is 25.9. The van der Waals surface area contributed by atoms with Crippen LogP contribution < -0.4 is 10.6 Å². The molecule has 1 saturated heterocycles. The summed E-state index contributed by atoms with van der Waals surface area (Å²) in [5, 5.41) is 36.1. The predicted octanol–water partition coefficient (Wildman–Crippen LogP) is 9.29. The van der Waals surface area contributed by atoms with E-state index in [1.54, 1.807) is 13.1 Å². The highest BCUT2D eigenvalue weighted by Crippen LogP contribution is 2.80. The lowest BCUT2D eigenvalue weighted by Crippen LogP contribution is -2.73. The van der Waals surface area contributed by atoms with E-state index >= 15 is 0 Å². The van der Waals surface area contributed by atoms with E-state index in [0.29, 0.717) is 67.8 Å². The van der Waals surface area contributed by atoms with Crippen LogP contribution in [0.2, 0.25) is 0 Å². The van der Waals surface area contributed by atoms with Gasteiger partial charge < -0.3 is 36.2 Å². The first kappa shape index (κ1) is 48.7. The summed E-state index contributed by atoms with van der Waals surface area (Å²) in [5.74, 6) is 5.95. The number of sulfone groups is 1. The van der Waals surface area contributed by atoms with E-state index in [9.17, 15) is 23.7 Å². The molecular formula is C55H79N5O5S. The van der Waals surface area contributed by atoms with Crippen molar-refractivity contribution in [3.63, 3.8) is 0 Å². The molecule has 1 aliphatic heterocycles. The largest absolute Gasteiger partial charge is 0.481 e. The molecule has 360 valence electrons. The van der Waals surface area contributed by atoms with Crippen molar-refractivity contribution >= 4 is 27.7 Å². The SMILES string of the molecule is C#C[C@@]12CC[C@@]3(NCCN4CCS(=O)(=O)CC4)CC[C@@H](C(C)C)C3[C@H]1CCC1(C=N)[C@@]3(C)CC=C(C4=CCC(CO/C(=C/C(=N)c5ccccc5)NC)(C(=O)O)CC4)C(C)(C)C3CC[C@]12C. The molecule has 0 spiro atoms. The van der Waals surface area contributed by atoms with Crippen molar-refractivity contribution in [1.82, 2.24) is 15.5 Å². The molecule has 6 aliphatic carbocycles. The Labute approximate surface area is 396 Å².